The highest BCUT2D eigenvalue weighted by Crippen LogP contribution is 2.17. The lowest BCUT2D eigenvalue weighted by molar-refractivity contribution is 1.14. The van der Waals surface area contributed by atoms with Gasteiger partial charge < -0.3 is 4.90 Å². The number of hydrogen-bond donors (Lipinski definition) is 0. The summed E-state index contributed by atoms with van der Waals surface area (Å²) >= 11 is 0. The molecular formula is C16H18N2. The number of para-hydroxylation sites is 2. The number of amidine groups is 1. The Labute approximate surface area is 109 Å². The molecule has 2 aromatic rings. The molecular weight excluding hydrogens is 220 g/mol. The molecule has 0 fully saturated rings. The summed E-state index contributed by atoms with van der Waals surface area (Å²) in [6.45, 7) is 2.13. The molecule has 0 aliphatic rings. The Kier molecular flexibility index (Phi) is 4.13. The molecule has 92 valence electrons. The standard InChI is InChI=1S/C16H18N2/c1-3-16(17-14-10-6-4-7-11-14)18(2)15-12-8-5-9-13-15/h4-13H,3H2,1-2H3. The highest BCUT2D eigenvalue weighted by Gasteiger charge is 2.06. The SMILES string of the molecule is CCC(=Nc1ccccc1)N(C)c1ccccc1. The molecule has 0 radical (unpaired) electrons. The number of nitrogens with zero attached hydrogens (tertiary/aromatic N) is 2. The number of hydrogen-bond acceptors (Lipinski definition) is 1. The van der Waals surface area contributed by atoms with Gasteiger partial charge in [-0.1, -0.05) is 43.3 Å². The molecule has 0 bridgehead atoms. The maximum atomic E-state index is 4.70. The van der Waals surface area contributed by atoms with E-state index in [4.69, 9.17) is 4.99 Å². The third-order valence-electron chi connectivity index (χ3n) is 2.86. The lowest BCUT2D eigenvalue weighted by Gasteiger charge is -2.20. The number of anilines is 1. The van der Waals surface area contributed by atoms with Crippen LogP contribution in [0.5, 0.6) is 0 Å². The van der Waals surface area contributed by atoms with E-state index in [0.717, 1.165) is 23.6 Å². The van der Waals surface area contributed by atoms with Crippen LogP contribution in [0.2, 0.25) is 0 Å². The molecule has 2 nitrogen and oxygen atoms in total. The largest absolute Gasteiger partial charge is 0.333 e. The molecule has 0 aliphatic carbocycles. The van der Waals surface area contributed by atoms with Crippen LogP contribution < -0.4 is 4.90 Å². The van der Waals surface area contributed by atoms with Gasteiger partial charge in [-0.15, -0.1) is 0 Å². The van der Waals surface area contributed by atoms with E-state index < -0.39 is 0 Å². The zero-order valence-electron chi connectivity index (χ0n) is 10.9. The number of benzene rings is 2. The van der Waals surface area contributed by atoms with Crippen LogP contribution in [0.25, 0.3) is 0 Å². The molecule has 0 saturated heterocycles. The Morgan fingerprint density at radius 3 is 2.06 bits per heavy atom. The van der Waals surface area contributed by atoms with E-state index in [1.807, 2.05) is 48.5 Å². The zero-order chi connectivity index (χ0) is 12.8. The van der Waals surface area contributed by atoms with Crippen LogP contribution in [0, 0.1) is 0 Å². The third kappa shape index (κ3) is 2.98. The predicted octanol–water partition coefficient (Wildman–Crippen LogP) is 4.26. The molecule has 0 saturated carbocycles. The van der Waals surface area contributed by atoms with E-state index in [-0.39, 0.29) is 0 Å². The highest BCUT2D eigenvalue weighted by molar-refractivity contribution is 5.98. The minimum Gasteiger partial charge on any atom is -0.333 e. The van der Waals surface area contributed by atoms with Crippen LogP contribution in [0.4, 0.5) is 11.4 Å². The van der Waals surface area contributed by atoms with Crippen molar-refractivity contribution in [2.24, 2.45) is 4.99 Å². The van der Waals surface area contributed by atoms with Crippen molar-refractivity contribution in [3.8, 4) is 0 Å². The van der Waals surface area contributed by atoms with Gasteiger partial charge in [0.05, 0.1) is 5.69 Å². The molecule has 2 heteroatoms. The second-order valence-electron chi connectivity index (χ2n) is 4.11. The first kappa shape index (κ1) is 12.4. The molecule has 0 unspecified atom stereocenters. The van der Waals surface area contributed by atoms with Gasteiger partial charge in [0.25, 0.3) is 0 Å². The second kappa shape index (κ2) is 6.01. The van der Waals surface area contributed by atoms with Gasteiger partial charge in [-0.3, -0.25) is 0 Å². The van der Waals surface area contributed by atoms with Gasteiger partial charge >= 0.3 is 0 Å². The van der Waals surface area contributed by atoms with Gasteiger partial charge in [-0.25, -0.2) is 4.99 Å². The van der Waals surface area contributed by atoms with Gasteiger partial charge in [0.1, 0.15) is 5.84 Å². The van der Waals surface area contributed by atoms with E-state index >= 15 is 0 Å². The first-order valence-electron chi connectivity index (χ1n) is 6.22. The van der Waals surface area contributed by atoms with Gasteiger partial charge in [0.15, 0.2) is 0 Å². The summed E-state index contributed by atoms with van der Waals surface area (Å²) < 4.78 is 0. The van der Waals surface area contributed by atoms with Crippen molar-refractivity contribution in [1.82, 2.24) is 0 Å². The number of rotatable bonds is 3. The van der Waals surface area contributed by atoms with Crippen LogP contribution in [-0.2, 0) is 0 Å². The Morgan fingerprint density at radius 2 is 1.50 bits per heavy atom. The molecule has 0 atom stereocenters. The summed E-state index contributed by atoms with van der Waals surface area (Å²) in [5.74, 6) is 1.06. The van der Waals surface area contributed by atoms with Crippen molar-refractivity contribution in [2.75, 3.05) is 11.9 Å². The molecule has 0 heterocycles. The Bertz CT molecular complexity index is 503. The maximum absolute atomic E-state index is 4.70. The minimum atomic E-state index is 0.903. The normalized spacial score (nSPS) is 11.3. The van der Waals surface area contributed by atoms with Crippen molar-refractivity contribution < 1.29 is 0 Å². The first-order valence-corrected chi connectivity index (χ1v) is 6.22. The lowest BCUT2D eigenvalue weighted by atomic mass is 10.2. The fourth-order valence-corrected chi connectivity index (χ4v) is 1.84. The zero-order valence-corrected chi connectivity index (χ0v) is 10.9. The van der Waals surface area contributed by atoms with E-state index in [2.05, 4.69) is 31.0 Å². The average molecular weight is 238 g/mol. The fourth-order valence-electron chi connectivity index (χ4n) is 1.84. The molecule has 18 heavy (non-hydrogen) atoms. The highest BCUT2D eigenvalue weighted by atomic mass is 15.2. The Morgan fingerprint density at radius 1 is 0.944 bits per heavy atom. The van der Waals surface area contributed by atoms with E-state index in [1.165, 1.54) is 0 Å². The molecule has 0 N–H and O–H groups in total. The smallest absolute Gasteiger partial charge is 0.109 e. The molecule has 0 aromatic heterocycles. The summed E-state index contributed by atoms with van der Waals surface area (Å²) in [4.78, 5) is 6.83. The van der Waals surface area contributed by atoms with Crippen LogP contribution >= 0.6 is 0 Å². The maximum Gasteiger partial charge on any atom is 0.109 e. The predicted molar refractivity (Wildman–Crippen MR) is 78.7 cm³/mol. The molecule has 0 amide bonds. The first-order chi connectivity index (χ1) is 8.81. The Hall–Kier alpha value is -2.09. The average Bonchev–Trinajstić information content (AvgIpc) is 2.46. The minimum absolute atomic E-state index is 0.903. The fraction of sp³-hybridized carbons (Fsp3) is 0.188. The summed E-state index contributed by atoms with van der Waals surface area (Å²) in [7, 11) is 2.06. The van der Waals surface area contributed by atoms with Gasteiger partial charge in [-0.2, -0.15) is 0 Å². The van der Waals surface area contributed by atoms with Crippen molar-refractivity contribution >= 4 is 17.2 Å². The van der Waals surface area contributed by atoms with E-state index in [0.29, 0.717) is 0 Å². The van der Waals surface area contributed by atoms with E-state index in [9.17, 15) is 0 Å². The molecule has 2 rings (SSSR count). The van der Waals surface area contributed by atoms with Gasteiger partial charge in [0.2, 0.25) is 0 Å². The van der Waals surface area contributed by atoms with Crippen molar-refractivity contribution in [3.05, 3.63) is 60.7 Å². The summed E-state index contributed by atoms with van der Waals surface area (Å²) in [6.07, 6.45) is 0.903. The molecule has 0 spiro atoms. The van der Waals surface area contributed by atoms with Crippen LogP contribution in [0.1, 0.15) is 13.3 Å². The summed E-state index contributed by atoms with van der Waals surface area (Å²) in [6, 6.07) is 20.4. The van der Waals surface area contributed by atoms with Crippen molar-refractivity contribution in [2.45, 2.75) is 13.3 Å². The van der Waals surface area contributed by atoms with Crippen LogP contribution in [-0.4, -0.2) is 12.9 Å². The Balaban J connectivity index is 2.27. The molecule has 2 aromatic carbocycles. The van der Waals surface area contributed by atoms with Crippen molar-refractivity contribution in [1.29, 1.82) is 0 Å². The summed E-state index contributed by atoms with van der Waals surface area (Å²) in [5, 5.41) is 0. The molecule has 0 aliphatic heterocycles. The topological polar surface area (TPSA) is 15.6 Å². The van der Waals surface area contributed by atoms with Crippen molar-refractivity contribution in [3.63, 3.8) is 0 Å². The van der Waals surface area contributed by atoms with Gasteiger partial charge in [-0.05, 0) is 24.3 Å². The second-order valence-corrected chi connectivity index (χ2v) is 4.11. The monoisotopic (exact) mass is 238 g/mol. The quantitative estimate of drug-likeness (QED) is 0.576. The van der Waals surface area contributed by atoms with Gasteiger partial charge in [0, 0.05) is 19.2 Å². The summed E-state index contributed by atoms with van der Waals surface area (Å²) in [5.41, 5.74) is 2.16. The number of aliphatic imine (C=N–C) groups is 1. The lowest BCUT2D eigenvalue weighted by Crippen LogP contribution is -2.25. The third-order valence-corrected chi connectivity index (χ3v) is 2.86. The van der Waals surface area contributed by atoms with Crippen LogP contribution in [0.3, 0.4) is 0 Å². The van der Waals surface area contributed by atoms with Crippen LogP contribution in [0.15, 0.2) is 65.7 Å². The van der Waals surface area contributed by atoms with E-state index in [1.54, 1.807) is 0 Å².